The average Bonchev–Trinajstić information content (AvgIpc) is 3.64. The van der Waals surface area contributed by atoms with E-state index in [2.05, 4.69) is 43.2 Å². The maximum Gasteiger partial charge on any atom is 0.255 e. The lowest BCUT2D eigenvalue weighted by Gasteiger charge is -2.35. The molecule has 1 fully saturated rings. The van der Waals surface area contributed by atoms with Crippen LogP contribution in [0.15, 0.2) is 48.0 Å². The lowest BCUT2D eigenvalue weighted by molar-refractivity contribution is -0.143. The monoisotopic (exact) mass is 588 g/mol. The van der Waals surface area contributed by atoms with Crippen molar-refractivity contribution in [3.05, 3.63) is 75.9 Å². The molecule has 1 saturated heterocycles. The predicted molar refractivity (Wildman–Crippen MR) is 164 cm³/mol. The van der Waals surface area contributed by atoms with Gasteiger partial charge in [0, 0.05) is 31.6 Å². The van der Waals surface area contributed by atoms with Gasteiger partial charge >= 0.3 is 0 Å². The molecule has 3 heterocycles. The van der Waals surface area contributed by atoms with E-state index in [4.69, 9.17) is 0 Å². The Labute approximate surface area is 251 Å². The van der Waals surface area contributed by atoms with Gasteiger partial charge in [-0.3, -0.25) is 14.4 Å². The van der Waals surface area contributed by atoms with Crippen LogP contribution in [0.5, 0.6) is 0 Å². The van der Waals surface area contributed by atoms with E-state index in [1.807, 2.05) is 50.5 Å². The first-order chi connectivity index (χ1) is 19.9. The quantitative estimate of drug-likeness (QED) is 0.418. The second kappa shape index (κ2) is 11.6. The number of aliphatic hydroxyl groups excluding tert-OH is 1. The third-order valence-corrected chi connectivity index (χ3v) is 9.29. The molecule has 3 amide bonds. The van der Waals surface area contributed by atoms with Crippen LogP contribution < -0.4 is 5.32 Å². The summed E-state index contributed by atoms with van der Waals surface area (Å²) in [5.74, 6) is -0.958. The van der Waals surface area contributed by atoms with Crippen molar-refractivity contribution in [1.82, 2.24) is 20.1 Å². The normalized spacial score (nSPS) is 19.4. The fourth-order valence-electron chi connectivity index (χ4n) is 6.20. The van der Waals surface area contributed by atoms with E-state index >= 15 is 0 Å². The number of rotatable bonds is 7. The van der Waals surface area contributed by atoms with Crippen LogP contribution in [0.3, 0.4) is 0 Å². The van der Waals surface area contributed by atoms with E-state index in [1.165, 1.54) is 4.90 Å². The van der Waals surface area contributed by atoms with Crippen LogP contribution in [0, 0.1) is 12.8 Å². The molecular formula is C33H40N4O4S. The Balaban J connectivity index is 1.34. The summed E-state index contributed by atoms with van der Waals surface area (Å²) in [6, 6.07) is 12.1. The molecule has 0 radical (unpaired) electrons. The molecule has 1 aromatic heterocycles. The van der Waals surface area contributed by atoms with Crippen LogP contribution in [0.1, 0.15) is 73.8 Å². The molecule has 0 spiro atoms. The van der Waals surface area contributed by atoms with Crippen LogP contribution in [-0.4, -0.2) is 62.3 Å². The number of likely N-dealkylation sites (tertiary alicyclic amines) is 1. The Morgan fingerprint density at radius 2 is 1.90 bits per heavy atom. The van der Waals surface area contributed by atoms with Crippen molar-refractivity contribution >= 4 is 29.1 Å². The molecule has 2 aliphatic heterocycles. The lowest BCUT2D eigenvalue weighted by Crippen LogP contribution is -2.55. The molecule has 0 saturated carbocycles. The number of carbonyl (C=O) groups is 3. The van der Waals surface area contributed by atoms with E-state index in [9.17, 15) is 19.5 Å². The van der Waals surface area contributed by atoms with E-state index in [0.29, 0.717) is 18.7 Å². The molecule has 222 valence electrons. The van der Waals surface area contributed by atoms with Gasteiger partial charge in [-0.1, -0.05) is 65.0 Å². The molecule has 2 aromatic carbocycles. The topological polar surface area (TPSA) is 103 Å². The van der Waals surface area contributed by atoms with E-state index < -0.39 is 18.2 Å². The number of aliphatic hydroxyl groups is 1. The Morgan fingerprint density at radius 1 is 1.17 bits per heavy atom. The molecule has 3 atom stereocenters. The molecule has 2 N–H and O–H groups in total. The summed E-state index contributed by atoms with van der Waals surface area (Å²) >= 11 is 1.61. The van der Waals surface area contributed by atoms with Crippen LogP contribution >= 0.6 is 11.3 Å². The van der Waals surface area contributed by atoms with Crippen LogP contribution in [0.25, 0.3) is 10.4 Å². The number of fused-ring (bicyclic) bond motifs is 1. The number of amides is 3. The standard InChI is InChI=1S/C33H40N4O4S/c1-19(2)28(37-16-23-9-7-8-10-25(23)31(37)40)32(41)36-17-24(38)14-27(36)30(39)34-15-22-12-11-21(13-26(22)33(4,5)6)29-20(3)35-18-42-29/h7-13,18-19,24,27-28,38H,14-17H2,1-6H3,(H,34,39)/t24-,27?,28?/m1/s1. The minimum Gasteiger partial charge on any atom is -0.391 e. The highest BCUT2D eigenvalue weighted by Gasteiger charge is 2.45. The van der Waals surface area contributed by atoms with Gasteiger partial charge in [-0.2, -0.15) is 0 Å². The molecule has 9 heteroatoms. The highest BCUT2D eigenvalue weighted by Crippen LogP contribution is 2.34. The van der Waals surface area contributed by atoms with Crippen molar-refractivity contribution in [2.24, 2.45) is 5.92 Å². The molecule has 8 nitrogen and oxygen atoms in total. The third kappa shape index (κ3) is 5.72. The van der Waals surface area contributed by atoms with Gasteiger partial charge in [0.05, 0.1) is 22.2 Å². The zero-order chi connectivity index (χ0) is 30.3. The number of thiazole rings is 1. The molecule has 3 aromatic rings. The molecular weight excluding hydrogens is 548 g/mol. The molecule has 0 bridgehead atoms. The Bertz CT molecular complexity index is 1510. The van der Waals surface area contributed by atoms with Crippen molar-refractivity contribution < 1.29 is 19.5 Å². The largest absolute Gasteiger partial charge is 0.391 e. The van der Waals surface area contributed by atoms with Crippen molar-refractivity contribution in [2.75, 3.05) is 6.54 Å². The number of aromatic nitrogens is 1. The maximum atomic E-state index is 14.0. The first-order valence-electron chi connectivity index (χ1n) is 14.6. The summed E-state index contributed by atoms with van der Waals surface area (Å²) in [7, 11) is 0. The van der Waals surface area contributed by atoms with E-state index in [1.54, 1.807) is 22.3 Å². The Kier molecular flexibility index (Phi) is 8.27. The van der Waals surface area contributed by atoms with Crippen molar-refractivity contribution in [2.45, 2.75) is 84.7 Å². The molecule has 2 unspecified atom stereocenters. The van der Waals surface area contributed by atoms with E-state index in [-0.39, 0.29) is 42.0 Å². The smallest absolute Gasteiger partial charge is 0.255 e. The summed E-state index contributed by atoms with van der Waals surface area (Å²) in [4.78, 5) is 49.5. The van der Waals surface area contributed by atoms with Gasteiger partial charge in [0.15, 0.2) is 0 Å². The van der Waals surface area contributed by atoms with Crippen LogP contribution in [0.2, 0.25) is 0 Å². The number of benzene rings is 2. The van der Waals surface area contributed by atoms with Gasteiger partial charge in [0.25, 0.3) is 5.91 Å². The molecule has 0 aliphatic carbocycles. The number of β-amino-alcohol motifs (C(OH)–C–C–N with tert-alkyl or cyclic N) is 1. The highest BCUT2D eigenvalue weighted by atomic mass is 32.1. The van der Waals surface area contributed by atoms with Gasteiger partial charge in [0.2, 0.25) is 11.8 Å². The number of nitrogens with zero attached hydrogens (tertiary/aromatic N) is 3. The van der Waals surface area contributed by atoms with Crippen molar-refractivity contribution in [3.63, 3.8) is 0 Å². The summed E-state index contributed by atoms with van der Waals surface area (Å²) in [5.41, 5.74) is 7.40. The summed E-state index contributed by atoms with van der Waals surface area (Å²) < 4.78 is 0. The SMILES string of the molecule is Cc1ncsc1-c1ccc(CNC(=O)C2C[C@@H](O)CN2C(=O)C(C(C)C)N2Cc3ccccc3C2=O)c(C(C)(C)C)c1. The minimum atomic E-state index is -0.814. The van der Waals surface area contributed by atoms with Gasteiger partial charge in [0.1, 0.15) is 12.1 Å². The van der Waals surface area contributed by atoms with Gasteiger partial charge in [-0.25, -0.2) is 4.98 Å². The fraction of sp³-hybridized carbons (Fsp3) is 0.455. The zero-order valence-electron chi connectivity index (χ0n) is 25.2. The second-order valence-electron chi connectivity index (χ2n) is 12.8. The first-order valence-corrected chi connectivity index (χ1v) is 15.4. The Hall–Kier alpha value is -3.56. The summed E-state index contributed by atoms with van der Waals surface area (Å²) in [6.07, 6.45) is -0.650. The van der Waals surface area contributed by atoms with E-state index in [0.717, 1.165) is 32.8 Å². The van der Waals surface area contributed by atoms with Gasteiger partial charge < -0.3 is 20.2 Å². The fourth-order valence-corrected chi connectivity index (χ4v) is 7.01. The number of hydrogen-bond acceptors (Lipinski definition) is 6. The first kappa shape index (κ1) is 29.9. The highest BCUT2D eigenvalue weighted by molar-refractivity contribution is 7.13. The molecule has 2 aliphatic rings. The predicted octanol–water partition coefficient (Wildman–Crippen LogP) is 4.67. The zero-order valence-corrected chi connectivity index (χ0v) is 26.0. The van der Waals surface area contributed by atoms with Crippen molar-refractivity contribution in [3.8, 4) is 10.4 Å². The maximum absolute atomic E-state index is 14.0. The lowest BCUT2D eigenvalue weighted by atomic mass is 9.82. The van der Waals surface area contributed by atoms with Crippen LogP contribution in [-0.2, 0) is 28.1 Å². The third-order valence-electron chi connectivity index (χ3n) is 8.31. The second-order valence-corrected chi connectivity index (χ2v) is 13.6. The molecule has 5 rings (SSSR count). The van der Waals surface area contributed by atoms with Gasteiger partial charge in [-0.05, 0) is 52.6 Å². The summed E-state index contributed by atoms with van der Waals surface area (Å²) in [6.45, 7) is 13.0. The minimum absolute atomic E-state index is 0.0608. The summed E-state index contributed by atoms with van der Waals surface area (Å²) in [5, 5.41) is 13.6. The van der Waals surface area contributed by atoms with Crippen molar-refractivity contribution in [1.29, 1.82) is 0 Å². The number of aryl methyl sites for hydroxylation is 1. The number of nitrogens with one attached hydrogen (secondary N) is 1. The average molecular weight is 589 g/mol. The number of hydrogen-bond donors (Lipinski definition) is 2. The Morgan fingerprint density at radius 3 is 2.55 bits per heavy atom. The molecule has 42 heavy (non-hydrogen) atoms. The van der Waals surface area contributed by atoms with Gasteiger partial charge in [-0.15, -0.1) is 11.3 Å². The number of carbonyl (C=O) groups excluding carboxylic acids is 3. The van der Waals surface area contributed by atoms with Crippen LogP contribution in [0.4, 0.5) is 0 Å².